The molecule has 0 atom stereocenters. The lowest BCUT2D eigenvalue weighted by Gasteiger charge is -2.03. The van der Waals surface area contributed by atoms with Crippen molar-refractivity contribution >= 4 is 33.8 Å². The van der Waals surface area contributed by atoms with Crippen molar-refractivity contribution in [2.24, 2.45) is 0 Å². The van der Waals surface area contributed by atoms with Crippen LogP contribution in [0.15, 0.2) is 53.0 Å². The minimum absolute atomic E-state index is 0.151. The van der Waals surface area contributed by atoms with Crippen LogP contribution in [0.1, 0.15) is 15.9 Å². The number of hydrogen-bond acceptors (Lipinski definition) is 3. The van der Waals surface area contributed by atoms with E-state index in [-0.39, 0.29) is 11.1 Å². The van der Waals surface area contributed by atoms with Gasteiger partial charge in [-0.3, -0.25) is 4.79 Å². The van der Waals surface area contributed by atoms with Crippen LogP contribution in [0.5, 0.6) is 0 Å². The molecule has 0 heterocycles. The molecule has 0 amide bonds. The van der Waals surface area contributed by atoms with E-state index >= 15 is 0 Å². The number of esters is 1. The van der Waals surface area contributed by atoms with Crippen molar-refractivity contribution in [3.05, 3.63) is 75.8 Å². The van der Waals surface area contributed by atoms with Crippen LogP contribution in [0.4, 0.5) is 8.78 Å². The third kappa shape index (κ3) is 4.82. The number of ether oxygens (including phenoxy) is 1. The van der Waals surface area contributed by atoms with Crippen molar-refractivity contribution < 1.29 is 23.1 Å². The van der Waals surface area contributed by atoms with Crippen LogP contribution in [0.2, 0.25) is 0 Å². The Morgan fingerprint density at radius 1 is 1.09 bits per heavy atom. The molecule has 0 saturated heterocycles. The molecule has 2 rings (SSSR count). The second kappa shape index (κ2) is 7.78. The Kier molecular flexibility index (Phi) is 5.76. The van der Waals surface area contributed by atoms with Crippen molar-refractivity contribution in [2.45, 2.75) is 0 Å². The summed E-state index contributed by atoms with van der Waals surface area (Å²) in [6, 6.07) is 9.67. The topological polar surface area (TPSA) is 43.4 Å². The predicted octanol–water partition coefficient (Wildman–Crippen LogP) is 4.17. The summed E-state index contributed by atoms with van der Waals surface area (Å²) in [5.41, 5.74) is 0.0408. The first-order valence-corrected chi connectivity index (χ1v) is 7.34. The molecule has 0 aliphatic heterocycles. The molecule has 0 spiro atoms. The number of carbonyl (C=O) groups is 2. The Hall–Kier alpha value is -2.34. The van der Waals surface area contributed by atoms with Crippen LogP contribution in [-0.2, 0) is 9.53 Å². The summed E-state index contributed by atoms with van der Waals surface area (Å²) in [6.45, 7) is -0.592. The molecule has 3 nitrogen and oxygen atoms in total. The number of halogens is 3. The lowest BCUT2D eigenvalue weighted by atomic mass is 10.1. The molecule has 0 N–H and O–H groups in total. The summed E-state index contributed by atoms with van der Waals surface area (Å²) >= 11 is 3.19. The van der Waals surface area contributed by atoms with Gasteiger partial charge in [-0.15, -0.1) is 0 Å². The zero-order chi connectivity index (χ0) is 16.8. The van der Waals surface area contributed by atoms with Gasteiger partial charge in [-0.05, 0) is 36.4 Å². The minimum atomic E-state index is -0.825. The van der Waals surface area contributed by atoms with E-state index < -0.39 is 30.0 Å². The molecule has 2 aromatic rings. The Bertz CT molecular complexity index is 772. The Labute approximate surface area is 139 Å². The van der Waals surface area contributed by atoms with Crippen molar-refractivity contribution in [1.82, 2.24) is 0 Å². The van der Waals surface area contributed by atoms with Crippen LogP contribution in [0.25, 0.3) is 6.08 Å². The normalized spacial score (nSPS) is 10.7. The van der Waals surface area contributed by atoms with Gasteiger partial charge in [-0.1, -0.05) is 28.1 Å². The summed E-state index contributed by atoms with van der Waals surface area (Å²) in [5.74, 6) is -2.66. The molecule has 118 valence electrons. The highest BCUT2D eigenvalue weighted by Crippen LogP contribution is 2.16. The van der Waals surface area contributed by atoms with E-state index in [0.29, 0.717) is 4.47 Å². The van der Waals surface area contributed by atoms with Gasteiger partial charge in [0.2, 0.25) is 5.78 Å². The highest BCUT2D eigenvalue weighted by Gasteiger charge is 2.12. The van der Waals surface area contributed by atoms with Gasteiger partial charge >= 0.3 is 5.97 Å². The van der Waals surface area contributed by atoms with E-state index in [1.807, 2.05) is 0 Å². The fraction of sp³-hybridized carbons (Fsp3) is 0.0588. The van der Waals surface area contributed by atoms with Gasteiger partial charge in [0, 0.05) is 16.1 Å². The van der Waals surface area contributed by atoms with Crippen molar-refractivity contribution in [1.29, 1.82) is 0 Å². The summed E-state index contributed by atoms with van der Waals surface area (Å²) in [4.78, 5) is 23.3. The highest BCUT2D eigenvalue weighted by molar-refractivity contribution is 9.10. The van der Waals surface area contributed by atoms with Crippen molar-refractivity contribution in [3.63, 3.8) is 0 Å². The van der Waals surface area contributed by atoms with Crippen LogP contribution in [0.3, 0.4) is 0 Å². The number of benzene rings is 2. The van der Waals surface area contributed by atoms with Crippen LogP contribution in [0, 0.1) is 11.6 Å². The molecule has 0 aliphatic rings. The number of carbonyl (C=O) groups excluding carboxylic acids is 2. The standard InChI is InChI=1S/C17H11BrF2O3/c18-12-6-7-14(19)11(9-12)5-8-17(22)23-10-16(21)13-3-1-2-4-15(13)20/h1-9H,10H2/b8-5+. The first-order valence-electron chi connectivity index (χ1n) is 6.55. The summed E-state index contributed by atoms with van der Waals surface area (Å²) in [5, 5.41) is 0. The maximum absolute atomic E-state index is 13.5. The highest BCUT2D eigenvalue weighted by atomic mass is 79.9. The molecular weight excluding hydrogens is 370 g/mol. The summed E-state index contributed by atoms with van der Waals surface area (Å²) in [6.07, 6.45) is 2.23. The monoisotopic (exact) mass is 380 g/mol. The van der Waals surface area contributed by atoms with E-state index in [4.69, 9.17) is 4.74 Å². The van der Waals surface area contributed by atoms with Gasteiger partial charge < -0.3 is 4.74 Å². The molecule has 0 saturated carbocycles. The maximum atomic E-state index is 13.5. The van der Waals surface area contributed by atoms with Gasteiger partial charge in [0.15, 0.2) is 6.61 Å². The molecule has 23 heavy (non-hydrogen) atoms. The fourth-order valence-corrected chi connectivity index (χ4v) is 2.13. The number of rotatable bonds is 5. The number of Topliss-reactive ketones (excluding diaryl/α,β-unsaturated/α-hetero) is 1. The molecule has 0 radical (unpaired) electrons. The molecule has 0 bridgehead atoms. The van der Waals surface area contributed by atoms with Gasteiger partial charge in [0.25, 0.3) is 0 Å². The lowest BCUT2D eigenvalue weighted by molar-refractivity contribution is -0.136. The van der Waals surface area contributed by atoms with Crippen LogP contribution in [-0.4, -0.2) is 18.4 Å². The van der Waals surface area contributed by atoms with E-state index in [9.17, 15) is 18.4 Å². The largest absolute Gasteiger partial charge is 0.454 e. The zero-order valence-corrected chi connectivity index (χ0v) is 13.3. The number of ketones is 1. The molecule has 2 aromatic carbocycles. The Balaban J connectivity index is 1.95. The van der Waals surface area contributed by atoms with Gasteiger partial charge in [0.05, 0.1) is 5.56 Å². The minimum Gasteiger partial charge on any atom is -0.454 e. The molecular formula is C17H11BrF2O3. The van der Waals surface area contributed by atoms with Crippen molar-refractivity contribution in [2.75, 3.05) is 6.61 Å². The third-order valence-electron chi connectivity index (χ3n) is 2.88. The summed E-state index contributed by atoms with van der Waals surface area (Å²) in [7, 11) is 0. The quantitative estimate of drug-likeness (QED) is 0.444. The van der Waals surface area contributed by atoms with Gasteiger partial charge in [-0.2, -0.15) is 0 Å². The zero-order valence-electron chi connectivity index (χ0n) is 11.8. The molecule has 6 heteroatoms. The smallest absolute Gasteiger partial charge is 0.331 e. The second-order valence-corrected chi connectivity index (χ2v) is 5.43. The van der Waals surface area contributed by atoms with E-state index in [1.165, 1.54) is 42.5 Å². The molecule has 0 fully saturated rings. The third-order valence-corrected chi connectivity index (χ3v) is 3.37. The fourth-order valence-electron chi connectivity index (χ4n) is 1.75. The van der Waals surface area contributed by atoms with Crippen LogP contribution >= 0.6 is 15.9 Å². The molecule has 0 unspecified atom stereocenters. The Morgan fingerprint density at radius 2 is 1.83 bits per heavy atom. The second-order valence-electron chi connectivity index (χ2n) is 4.51. The summed E-state index contributed by atoms with van der Waals surface area (Å²) < 4.78 is 32.3. The van der Waals surface area contributed by atoms with Gasteiger partial charge in [-0.25, -0.2) is 13.6 Å². The molecule has 0 aromatic heterocycles. The first kappa shape index (κ1) is 17.0. The predicted molar refractivity (Wildman–Crippen MR) is 84.8 cm³/mol. The van der Waals surface area contributed by atoms with E-state index in [1.54, 1.807) is 0 Å². The van der Waals surface area contributed by atoms with Gasteiger partial charge in [0.1, 0.15) is 11.6 Å². The van der Waals surface area contributed by atoms with Crippen LogP contribution < -0.4 is 0 Å². The number of hydrogen-bond donors (Lipinski definition) is 0. The molecule has 0 aliphatic carbocycles. The lowest BCUT2D eigenvalue weighted by Crippen LogP contribution is -2.13. The SMILES string of the molecule is O=C(/C=C/c1cc(Br)ccc1F)OCC(=O)c1ccccc1F. The van der Waals surface area contributed by atoms with E-state index in [0.717, 1.165) is 12.1 Å². The Morgan fingerprint density at radius 3 is 2.57 bits per heavy atom. The maximum Gasteiger partial charge on any atom is 0.331 e. The first-order chi connectivity index (χ1) is 11.0. The van der Waals surface area contributed by atoms with Crippen molar-refractivity contribution in [3.8, 4) is 0 Å². The average Bonchev–Trinajstić information content (AvgIpc) is 2.54. The van der Waals surface area contributed by atoms with E-state index in [2.05, 4.69) is 15.9 Å². The average molecular weight is 381 g/mol.